The minimum absolute atomic E-state index is 0. The second-order valence-electron chi connectivity index (χ2n) is 7.25. The van der Waals surface area contributed by atoms with Gasteiger partial charge in [-0.3, -0.25) is 0 Å². The zero-order chi connectivity index (χ0) is 14.0. The predicted octanol–water partition coefficient (Wildman–Crippen LogP) is 1.49. The van der Waals surface area contributed by atoms with Crippen LogP contribution in [-0.2, 0) is 18.6 Å². The molecule has 0 atom stereocenters. The molecule has 2 fully saturated rings. The summed E-state index contributed by atoms with van der Waals surface area (Å²) in [6.45, 7) is 16.2. The van der Waals surface area contributed by atoms with Crippen molar-refractivity contribution in [1.29, 1.82) is 0 Å². The zero-order valence-electron chi connectivity index (χ0n) is 13.9. The summed E-state index contributed by atoms with van der Waals surface area (Å²) >= 11 is 0. The molecule has 0 saturated carbocycles. The van der Waals surface area contributed by atoms with E-state index in [9.17, 15) is 0 Å². The van der Waals surface area contributed by atoms with Crippen molar-refractivity contribution >= 4 is 30.8 Å². The highest BCUT2D eigenvalue weighted by Crippen LogP contribution is 2.42. The lowest BCUT2D eigenvalue weighted by molar-refractivity contribution is 0.00578. The molecular weight excluding hydrogens is 251 g/mol. The molecule has 6 radical (unpaired) electrons. The molecule has 2 heterocycles. The molecule has 4 nitrogen and oxygen atoms in total. The van der Waals surface area contributed by atoms with Crippen LogP contribution in [0.4, 0.5) is 0 Å². The molecule has 0 aromatic carbocycles. The molecule has 8 heteroatoms. The van der Waals surface area contributed by atoms with Gasteiger partial charge in [-0.15, -0.1) is 0 Å². The quantitative estimate of drug-likeness (QED) is 0.680. The average Bonchev–Trinajstić information content (AvgIpc) is 2.45. The molecule has 2 aliphatic rings. The largest absolute Gasteiger partial charge is 0.488 e. The first kappa shape index (κ1) is 20.1. The number of hydrogen-bond acceptors (Lipinski definition) is 4. The van der Waals surface area contributed by atoms with Crippen LogP contribution in [0, 0.1) is 0 Å². The van der Waals surface area contributed by atoms with Crippen molar-refractivity contribution in [2.45, 2.75) is 77.8 Å². The molecular formula is C12H24B4O4. The second kappa shape index (κ2) is 5.38. The first-order valence-electron chi connectivity index (χ1n) is 6.59. The first-order chi connectivity index (χ1) is 7.88. The van der Waals surface area contributed by atoms with E-state index in [1.807, 2.05) is 55.4 Å². The molecule has 0 unspecified atom stereocenters. The van der Waals surface area contributed by atoms with Crippen LogP contribution >= 0.6 is 0 Å². The van der Waals surface area contributed by atoms with Crippen LogP contribution in [0.5, 0.6) is 0 Å². The molecule has 2 saturated heterocycles. The van der Waals surface area contributed by atoms with Crippen LogP contribution in [0.25, 0.3) is 0 Å². The predicted molar refractivity (Wildman–Crippen MR) is 83.7 cm³/mol. The van der Waals surface area contributed by atoms with Crippen LogP contribution in [-0.4, -0.2) is 53.2 Å². The monoisotopic (exact) mass is 276 g/mol. The molecule has 0 bridgehead atoms. The van der Waals surface area contributed by atoms with Crippen molar-refractivity contribution in [1.82, 2.24) is 0 Å². The summed E-state index contributed by atoms with van der Waals surface area (Å²) in [5.41, 5.74) is -1.44. The smallest absolute Gasteiger partial charge is 0.405 e. The fourth-order valence-corrected chi connectivity index (χ4v) is 2.00. The van der Waals surface area contributed by atoms with Gasteiger partial charge >= 0.3 is 14.0 Å². The Kier molecular flexibility index (Phi) is 5.41. The van der Waals surface area contributed by atoms with Crippen LogP contribution in [0.2, 0.25) is 0 Å². The summed E-state index contributed by atoms with van der Waals surface area (Å²) < 4.78 is 23.8. The van der Waals surface area contributed by atoms with E-state index in [2.05, 4.69) is 0 Å². The van der Waals surface area contributed by atoms with E-state index < -0.39 is 14.0 Å². The SMILES string of the molecule is CC1(C)OB(B2OC(C)(C)C(C)(C)O2)OC1(C)C.[B].[B]. The van der Waals surface area contributed by atoms with Gasteiger partial charge in [0.2, 0.25) is 0 Å². The molecule has 108 valence electrons. The Hall–Kier alpha value is 0.0997. The van der Waals surface area contributed by atoms with Gasteiger partial charge in [0.25, 0.3) is 0 Å². The van der Waals surface area contributed by atoms with Gasteiger partial charge in [-0.1, -0.05) is 0 Å². The van der Waals surface area contributed by atoms with Gasteiger partial charge in [-0.05, 0) is 55.4 Å². The topological polar surface area (TPSA) is 36.9 Å². The number of hydrogen-bond donors (Lipinski definition) is 0. The highest BCUT2D eigenvalue weighted by Gasteiger charge is 2.63. The Morgan fingerprint density at radius 1 is 0.450 bits per heavy atom. The second-order valence-corrected chi connectivity index (χ2v) is 7.25. The van der Waals surface area contributed by atoms with Gasteiger partial charge in [-0.2, -0.15) is 0 Å². The molecule has 2 aliphatic heterocycles. The highest BCUT2D eigenvalue weighted by atomic mass is 16.7. The van der Waals surface area contributed by atoms with Crippen LogP contribution in [0.3, 0.4) is 0 Å². The maximum atomic E-state index is 5.96. The van der Waals surface area contributed by atoms with Crippen LogP contribution in [0.15, 0.2) is 0 Å². The summed E-state index contributed by atoms with van der Waals surface area (Å²) in [4.78, 5) is 0. The van der Waals surface area contributed by atoms with Crippen molar-refractivity contribution in [3.63, 3.8) is 0 Å². The first-order valence-corrected chi connectivity index (χ1v) is 6.59. The molecule has 0 spiro atoms. The lowest BCUT2D eigenvalue weighted by Crippen LogP contribution is -2.41. The Labute approximate surface area is 128 Å². The van der Waals surface area contributed by atoms with Crippen molar-refractivity contribution in [2.75, 3.05) is 0 Å². The maximum Gasteiger partial charge on any atom is 0.488 e. The standard InChI is InChI=1S/C12H24B2O4.2B/c1-9(2)10(3,4)16-13(15-9)14-17-11(5,6)12(7,8)18-14;;/h1-8H3;;. The maximum absolute atomic E-state index is 5.96. The molecule has 0 aromatic heterocycles. The summed E-state index contributed by atoms with van der Waals surface area (Å²) in [5, 5.41) is 0. The summed E-state index contributed by atoms with van der Waals surface area (Å²) in [5.74, 6) is 0. The van der Waals surface area contributed by atoms with E-state index in [4.69, 9.17) is 18.6 Å². The Bertz CT molecular complexity index is 291. The molecule has 20 heavy (non-hydrogen) atoms. The van der Waals surface area contributed by atoms with Crippen molar-refractivity contribution < 1.29 is 18.6 Å². The fourth-order valence-electron chi connectivity index (χ4n) is 2.00. The van der Waals surface area contributed by atoms with E-state index in [1.54, 1.807) is 0 Å². The highest BCUT2D eigenvalue weighted by molar-refractivity contribution is 7.11. The minimum atomic E-state index is -0.476. The molecule has 0 amide bonds. The summed E-state index contributed by atoms with van der Waals surface area (Å²) in [6.07, 6.45) is 0. The van der Waals surface area contributed by atoms with Crippen molar-refractivity contribution in [3.8, 4) is 0 Å². The van der Waals surface area contributed by atoms with Crippen LogP contribution < -0.4 is 0 Å². The van der Waals surface area contributed by atoms with E-state index in [0.29, 0.717) is 0 Å². The van der Waals surface area contributed by atoms with Gasteiger partial charge in [-0.25, -0.2) is 0 Å². The Balaban J connectivity index is 0.00000180. The third-order valence-electron chi connectivity index (χ3n) is 4.77. The lowest BCUT2D eigenvalue weighted by atomic mass is 9.49. The van der Waals surface area contributed by atoms with Gasteiger partial charge in [0.1, 0.15) is 0 Å². The normalized spacial score (nSPS) is 28.8. The van der Waals surface area contributed by atoms with Crippen molar-refractivity contribution in [2.24, 2.45) is 0 Å². The van der Waals surface area contributed by atoms with Gasteiger partial charge in [0.15, 0.2) is 0 Å². The summed E-state index contributed by atoms with van der Waals surface area (Å²) in [6, 6.07) is 0. The molecule has 0 aromatic rings. The average molecular weight is 276 g/mol. The van der Waals surface area contributed by atoms with E-state index in [1.165, 1.54) is 0 Å². The van der Waals surface area contributed by atoms with Crippen LogP contribution in [0.1, 0.15) is 55.4 Å². The zero-order valence-corrected chi connectivity index (χ0v) is 13.9. The molecule has 0 N–H and O–H groups in total. The number of rotatable bonds is 1. The summed E-state index contributed by atoms with van der Waals surface area (Å²) in [7, 11) is -0.952. The fraction of sp³-hybridized carbons (Fsp3) is 1.00. The minimum Gasteiger partial charge on any atom is -0.405 e. The van der Waals surface area contributed by atoms with Crippen molar-refractivity contribution in [3.05, 3.63) is 0 Å². The van der Waals surface area contributed by atoms with Gasteiger partial charge < -0.3 is 18.6 Å². The molecule has 2 rings (SSSR count). The van der Waals surface area contributed by atoms with E-state index in [-0.39, 0.29) is 39.2 Å². The Morgan fingerprint density at radius 2 is 0.600 bits per heavy atom. The third kappa shape index (κ3) is 2.99. The third-order valence-corrected chi connectivity index (χ3v) is 4.77. The Morgan fingerprint density at radius 3 is 0.750 bits per heavy atom. The van der Waals surface area contributed by atoms with E-state index >= 15 is 0 Å². The van der Waals surface area contributed by atoms with Gasteiger partial charge in [0.05, 0.1) is 22.4 Å². The lowest BCUT2D eigenvalue weighted by Gasteiger charge is -2.32. The van der Waals surface area contributed by atoms with Gasteiger partial charge in [0, 0.05) is 16.8 Å². The van der Waals surface area contributed by atoms with E-state index in [0.717, 1.165) is 0 Å². The molecule has 0 aliphatic carbocycles.